The summed E-state index contributed by atoms with van der Waals surface area (Å²) < 4.78 is 6.63. The van der Waals surface area contributed by atoms with Crippen LogP contribution in [0.1, 0.15) is 22.3 Å². The molecule has 0 saturated heterocycles. The second kappa shape index (κ2) is 17.6. The van der Waals surface area contributed by atoms with Crippen molar-refractivity contribution in [1.29, 1.82) is 0 Å². The van der Waals surface area contributed by atoms with Crippen molar-refractivity contribution < 1.29 is 4.42 Å². The van der Waals surface area contributed by atoms with Crippen molar-refractivity contribution in [2.24, 2.45) is 0 Å². The normalized spacial score (nSPS) is 12.6. The van der Waals surface area contributed by atoms with Gasteiger partial charge in [-0.15, -0.1) is 0 Å². The molecule has 0 bridgehead atoms. The van der Waals surface area contributed by atoms with Gasteiger partial charge in [0.1, 0.15) is 11.2 Å². The lowest BCUT2D eigenvalue weighted by molar-refractivity contribution is 0.669. The second-order valence-corrected chi connectivity index (χ2v) is 19.9. The van der Waals surface area contributed by atoms with Gasteiger partial charge in [-0.2, -0.15) is 0 Å². The molecule has 0 saturated carbocycles. The highest BCUT2D eigenvalue weighted by Crippen LogP contribution is 2.60. The molecule has 0 atom stereocenters. The smallest absolute Gasteiger partial charge is 0.137 e. The van der Waals surface area contributed by atoms with Gasteiger partial charge in [0, 0.05) is 50.7 Å². The van der Waals surface area contributed by atoms with Crippen molar-refractivity contribution >= 4 is 88.4 Å². The van der Waals surface area contributed by atoms with E-state index in [2.05, 4.69) is 295 Å². The number of benzene rings is 13. The summed E-state index contributed by atoms with van der Waals surface area (Å²) in [5.74, 6) is 0. The van der Waals surface area contributed by atoms with Gasteiger partial charge in [0.15, 0.2) is 0 Å². The van der Waals surface area contributed by atoms with Crippen LogP contribution in [0, 0.1) is 0 Å². The molecule has 13 aromatic carbocycles. The fraction of sp³-hybridized carbons (Fsp3) is 0.0137. The van der Waals surface area contributed by atoms with Crippen LogP contribution in [0.5, 0.6) is 0 Å². The number of hydrogen-bond acceptors (Lipinski definition) is 3. The molecule has 1 heterocycles. The third-order valence-corrected chi connectivity index (χ3v) is 15.8. The highest BCUT2D eigenvalue weighted by atomic mass is 16.3. The number of hydrogen-bond donors (Lipinski definition) is 0. The maximum absolute atomic E-state index is 6.63. The Morgan fingerprint density at radius 2 is 0.803 bits per heavy atom. The van der Waals surface area contributed by atoms with E-state index >= 15 is 0 Å². The number of fused-ring (bicyclic) bond motifs is 11. The van der Waals surface area contributed by atoms with Crippen molar-refractivity contribution in [1.82, 2.24) is 0 Å². The molecule has 0 radical (unpaired) electrons. The fourth-order valence-electron chi connectivity index (χ4n) is 12.7. The van der Waals surface area contributed by atoms with Gasteiger partial charge >= 0.3 is 0 Å². The zero-order chi connectivity index (χ0) is 50.2. The maximum atomic E-state index is 6.63. The predicted octanol–water partition coefficient (Wildman–Crippen LogP) is 20.0. The van der Waals surface area contributed by atoms with Gasteiger partial charge in [-0.1, -0.05) is 212 Å². The molecule has 0 aliphatic heterocycles. The van der Waals surface area contributed by atoms with E-state index in [4.69, 9.17) is 4.42 Å². The predicted molar refractivity (Wildman–Crippen MR) is 318 cm³/mol. The molecule has 0 spiro atoms. The lowest BCUT2D eigenvalue weighted by atomic mass is 9.66. The Morgan fingerprint density at radius 1 is 0.276 bits per heavy atom. The average molecular weight is 969 g/mol. The lowest BCUT2D eigenvalue weighted by Gasteiger charge is -2.35. The molecule has 0 amide bonds. The maximum Gasteiger partial charge on any atom is 0.137 e. The largest absolute Gasteiger partial charge is 0.456 e. The molecule has 3 nitrogen and oxygen atoms in total. The van der Waals surface area contributed by atoms with Crippen molar-refractivity contribution in [3.8, 4) is 22.3 Å². The quantitative estimate of drug-likeness (QED) is 0.134. The van der Waals surface area contributed by atoms with Crippen LogP contribution in [0.4, 0.5) is 34.1 Å². The van der Waals surface area contributed by atoms with E-state index in [1.807, 2.05) is 6.07 Å². The van der Waals surface area contributed by atoms with Gasteiger partial charge in [0.2, 0.25) is 0 Å². The highest BCUT2D eigenvalue weighted by Gasteiger charge is 2.47. The number of anilines is 6. The van der Waals surface area contributed by atoms with Crippen molar-refractivity contribution in [2.75, 3.05) is 9.80 Å². The van der Waals surface area contributed by atoms with Crippen LogP contribution in [-0.2, 0) is 5.41 Å². The van der Waals surface area contributed by atoms with E-state index in [0.29, 0.717) is 0 Å². The van der Waals surface area contributed by atoms with Gasteiger partial charge in [0.05, 0.1) is 11.1 Å². The van der Waals surface area contributed by atoms with E-state index in [9.17, 15) is 0 Å². The Labute approximate surface area is 441 Å². The minimum Gasteiger partial charge on any atom is -0.456 e. The van der Waals surface area contributed by atoms with Crippen LogP contribution in [0.25, 0.3) is 76.5 Å². The van der Waals surface area contributed by atoms with Crippen LogP contribution >= 0.6 is 0 Å². The molecular weight excluding hydrogens is 921 g/mol. The van der Waals surface area contributed by atoms with E-state index in [1.54, 1.807) is 0 Å². The van der Waals surface area contributed by atoms with E-state index in [1.165, 1.54) is 65.7 Å². The van der Waals surface area contributed by atoms with E-state index < -0.39 is 5.41 Å². The molecule has 15 rings (SSSR count). The van der Waals surface area contributed by atoms with Gasteiger partial charge in [-0.25, -0.2) is 0 Å². The number of para-hydroxylation sites is 3. The summed E-state index contributed by atoms with van der Waals surface area (Å²) in [5.41, 5.74) is 17.2. The number of rotatable bonds is 9. The van der Waals surface area contributed by atoms with Crippen molar-refractivity contribution in [3.63, 3.8) is 0 Å². The summed E-state index contributed by atoms with van der Waals surface area (Å²) in [5, 5.41) is 9.40. The first kappa shape index (κ1) is 43.6. The minimum absolute atomic E-state index is 0.569. The first-order valence-electron chi connectivity index (χ1n) is 26.2. The molecule has 14 aromatic rings. The zero-order valence-corrected chi connectivity index (χ0v) is 41.5. The van der Waals surface area contributed by atoms with Crippen LogP contribution < -0.4 is 9.80 Å². The summed E-state index contributed by atoms with van der Waals surface area (Å²) in [4.78, 5) is 4.86. The summed E-state index contributed by atoms with van der Waals surface area (Å²) in [6.45, 7) is 0. The Hall–Kier alpha value is -9.96. The molecule has 1 aliphatic carbocycles. The average Bonchev–Trinajstić information content (AvgIpc) is 4.23. The first-order valence-corrected chi connectivity index (χ1v) is 26.2. The van der Waals surface area contributed by atoms with Crippen molar-refractivity contribution in [2.45, 2.75) is 5.41 Å². The zero-order valence-electron chi connectivity index (χ0n) is 41.5. The topological polar surface area (TPSA) is 19.6 Å². The molecule has 76 heavy (non-hydrogen) atoms. The Balaban J connectivity index is 1.06. The van der Waals surface area contributed by atoms with Gasteiger partial charge in [-0.3, -0.25) is 0 Å². The molecule has 356 valence electrons. The SMILES string of the molecule is c1ccc(N(c2cc(-c3cc4c(c5ccccc35)C(c3ccccc3)(c3ccccc3)c3ccccc3-4)cc(N(c3ccccc3)c3cc4ccccc4c4ccccc34)c2)c2ccc3c(c2)oc2ccccc23)cc1. The number of furan rings is 1. The minimum atomic E-state index is -0.569. The van der Waals surface area contributed by atoms with Crippen LogP contribution in [0.3, 0.4) is 0 Å². The Bertz CT molecular complexity index is 4490. The van der Waals surface area contributed by atoms with Crippen LogP contribution in [0.2, 0.25) is 0 Å². The second-order valence-electron chi connectivity index (χ2n) is 19.9. The fourth-order valence-corrected chi connectivity index (χ4v) is 12.7. The molecule has 0 N–H and O–H groups in total. The lowest BCUT2D eigenvalue weighted by Crippen LogP contribution is -2.28. The molecule has 1 aromatic heterocycles. The van der Waals surface area contributed by atoms with Gasteiger partial charge in [-0.05, 0) is 144 Å². The van der Waals surface area contributed by atoms with Gasteiger partial charge < -0.3 is 14.2 Å². The number of nitrogens with zero attached hydrogens (tertiary/aromatic N) is 2. The summed E-state index contributed by atoms with van der Waals surface area (Å²) >= 11 is 0. The molecule has 0 fully saturated rings. The van der Waals surface area contributed by atoms with Crippen LogP contribution in [-0.4, -0.2) is 0 Å². The summed E-state index contributed by atoms with van der Waals surface area (Å²) in [7, 11) is 0. The standard InChI is InChI=1S/C73H48N2O/c1-5-24-51(25-6-1)73(52-26-7-2-8-27-52)68-39-21-19-35-61(68)67-48-66(60-34-16-18-38-65(60)72(67)73)50-43-56(74(53-28-9-3-10-29-53)55-41-42-64-63-37-20-22-40-70(63)76-71(64)47-55)46-57(44-50)75(54-30-11-4-12-31-54)69-45-49-23-13-14-32-58(49)59-33-15-17-36-62(59)69/h1-48H. The summed E-state index contributed by atoms with van der Waals surface area (Å²) in [6.07, 6.45) is 0. The molecule has 1 aliphatic rings. The van der Waals surface area contributed by atoms with Gasteiger partial charge in [0.25, 0.3) is 0 Å². The molecule has 0 unspecified atom stereocenters. The van der Waals surface area contributed by atoms with Crippen LogP contribution in [0.15, 0.2) is 296 Å². The first-order chi connectivity index (χ1) is 37.7. The van der Waals surface area contributed by atoms with E-state index in [-0.39, 0.29) is 0 Å². The Kier molecular flexibility index (Phi) is 10.1. The monoisotopic (exact) mass is 968 g/mol. The third-order valence-electron chi connectivity index (χ3n) is 15.8. The van der Waals surface area contributed by atoms with Crippen molar-refractivity contribution in [3.05, 3.63) is 313 Å². The molecule has 3 heteroatoms. The third kappa shape index (κ3) is 6.76. The Morgan fingerprint density at radius 3 is 1.51 bits per heavy atom. The molecular formula is C73H48N2O. The highest BCUT2D eigenvalue weighted by molar-refractivity contribution is 6.15. The summed E-state index contributed by atoms with van der Waals surface area (Å²) in [6, 6.07) is 107. The van der Waals surface area contributed by atoms with E-state index in [0.717, 1.165) is 67.2 Å².